The summed E-state index contributed by atoms with van der Waals surface area (Å²) in [4.78, 5) is 15.9. The van der Waals surface area contributed by atoms with Gasteiger partial charge in [-0.3, -0.25) is 4.79 Å². The summed E-state index contributed by atoms with van der Waals surface area (Å²) in [7, 11) is 0. The maximum atomic E-state index is 13.4. The molecule has 0 radical (unpaired) electrons. The summed E-state index contributed by atoms with van der Waals surface area (Å²) in [6.07, 6.45) is 4.22. The summed E-state index contributed by atoms with van der Waals surface area (Å²) in [5, 5.41) is 7.14. The Labute approximate surface area is 150 Å². The Morgan fingerprint density at radius 2 is 1.96 bits per heavy atom. The number of anilines is 2. The minimum Gasteiger partial charge on any atom is -0.397 e. The van der Waals surface area contributed by atoms with Crippen molar-refractivity contribution >= 4 is 28.2 Å². The molecule has 26 heavy (non-hydrogen) atoms. The second kappa shape index (κ2) is 6.80. The van der Waals surface area contributed by atoms with Gasteiger partial charge < -0.3 is 21.4 Å². The van der Waals surface area contributed by atoms with Crippen molar-refractivity contribution in [2.75, 3.05) is 24.1 Å². The van der Waals surface area contributed by atoms with Crippen LogP contribution in [0.3, 0.4) is 0 Å². The number of rotatable bonds is 3. The lowest BCUT2D eigenvalue weighted by Gasteiger charge is -2.22. The van der Waals surface area contributed by atoms with Gasteiger partial charge >= 0.3 is 0 Å². The van der Waals surface area contributed by atoms with Crippen molar-refractivity contribution in [3.05, 3.63) is 59.5 Å². The topological polar surface area (TPSA) is 82.9 Å². The first-order valence-electron chi connectivity index (χ1n) is 8.80. The normalized spacial score (nSPS) is 15.3. The van der Waals surface area contributed by atoms with Crippen LogP contribution in [0.25, 0.3) is 10.9 Å². The first kappa shape index (κ1) is 16.6. The van der Waals surface area contributed by atoms with Crippen LogP contribution in [0.1, 0.15) is 34.7 Å². The van der Waals surface area contributed by atoms with Crippen LogP contribution in [0.4, 0.5) is 15.8 Å². The Bertz CT molecular complexity index is 960. The van der Waals surface area contributed by atoms with E-state index < -0.39 is 5.82 Å². The fourth-order valence-corrected chi connectivity index (χ4v) is 3.59. The molecule has 1 aliphatic heterocycles. The summed E-state index contributed by atoms with van der Waals surface area (Å²) in [5.74, 6) is -0.257. The van der Waals surface area contributed by atoms with Gasteiger partial charge in [0.15, 0.2) is 0 Å². The fraction of sp³-hybridized carbons (Fsp3) is 0.250. The molecule has 5 N–H and O–H groups in total. The highest BCUT2D eigenvalue weighted by molar-refractivity contribution is 6.07. The van der Waals surface area contributed by atoms with Gasteiger partial charge in [-0.05, 0) is 73.8 Å². The summed E-state index contributed by atoms with van der Waals surface area (Å²) in [6.45, 7) is 2.02. The average molecular weight is 352 g/mol. The lowest BCUT2D eigenvalue weighted by atomic mass is 9.89. The zero-order valence-corrected chi connectivity index (χ0v) is 14.3. The van der Waals surface area contributed by atoms with E-state index >= 15 is 0 Å². The van der Waals surface area contributed by atoms with E-state index in [9.17, 15) is 9.18 Å². The lowest BCUT2D eigenvalue weighted by Crippen LogP contribution is -2.26. The van der Waals surface area contributed by atoms with Gasteiger partial charge in [0, 0.05) is 22.7 Å². The highest BCUT2D eigenvalue weighted by atomic mass is 19.1. The van der Waals surface area contributed by atoms with Crippen LogP contribution in [0.5, 0.6) is 0 Å². The Morgan fingerprint density at radius 1 is 1.15 bits per heavy atom. The van der Waals surface area contributed by atoms with Crippen LogP contribution in [0.2, 0.25) is 0 Å². The molecule has 2 aromatic carbocycles. The Hall–Kier alpha value is -2.86. The molecule has 0 atom stereocenters. The summed E-state index contributed by atoms with van der Waals surface area (Å²) in [6, 6.07) is 9.49. The predicted molar refractivity (Wildman–Crippen MR) is 102 cm³/mol. The van der Waals surface area contributed by atoms with E-state index in [2.05, 4.69) is 15.6 Å². The summed E-state index contributed by atoms with van der Waals surface area (Å²) < 4.78 is 13.4. The van der Waals surface area contributed by atoms with E-state index in [0.717, 1.165) is 36.8 Å². The molecule has 1 fully saturated rings. The number of fused-ring (bicyclic) bond motifs is 1. The number of nitrogens with two attached hydrogens (primary N) is 1. The molecule has 1 saturated heterocycles. The molecule has 5 nitrogen and oxygen atoms in total. The van der Waals surface area contributed by atoms with Crippen molar-refractivity contribution in [2.24, 2.45) is 0 Å². The third-order valence-electron chi connectivity index (χ3n) is 5.02. The maximum absolute atomic E-state index is 13.4. The van der Waals surface area contributed by atoms with Crippen LogP contribution in [0, 0.1) is 5.82 Å². The largest absolute Gasteiger partial charge is 0.397 e. The van der Waals surface area contributed by atoms with Crippen LogP contribution in [-0.4, -0.2) is 24.0 Å². The number of amides is 1. The number of nitrogens with one attached hydrogen (secondary N) is 3. The van der Waals surface area contributed by atoms with Crippen molar-refractivity contribution in [2.45, 2.75) is 18.8 Å². The Morgan fingerprint density at radius 3 is 2.77 bits per heavy atom. The molecule has 1 aromatic heterocycles. The lowest BCUT2D eigenvalue weighted by molar-refractivity contribution is 0.102. The van der Waals surface area contributed by atoms with Gasteiger partial charge in [-0.2, -0.15) is 0 Å². The molecule has 0 spiro atoms. The number of carbonyl (C=O) groups excluding carboxylic acids is 1. The minimum atomic E-state index is -0.441. The first-order valence-corrected chi connectivity index (χ1v) is 8.80. The molecule has 1 amide bonds. The van der Waals surface area contributed by atoms with Crippen LogP contribution in [-0.2, 0) is 0 Å². The van der Waals surface area contributed by atoms with Gasteiger partial charge in [0.2, 0.25) is 0 Å². The Kier molecular flexibility index (Phi) is 4.34. The van der Waals surface area contributed by atoms with Gasteiger partial charge in [-0.25, -0.2) is 4.39 Å². The second-order valence-corrected chi connectivity index (χ2v) is 6.71. The van der Waals surface area contributed by atoms with Gasteiger partial charge in [0.05, 0.1) is 11.4 Å². The van der Waals surface area contributed by atoms with Gasteiger partial charge in [0.25, 0.3) is 5.91 Å². The number of aromatic nitrogens is 1. The molecule has 6 heteroatoms. The smallest absolute Gasteiger partial charge is 0.255 e. The average Bonchev–Trinajstić information content (AvgIpc) is 3.08. The molecule has 2 heterocycles. The van der Waals surface area contributed by atoms with E-state index in [-0.39, 0.29) is 11.6 Å². The summed E-state index contributed by atoms with van der Waals surface area (Å²) in [5.41, 5.74) is 9.22. The molecular formula is C20H21FN4O. The van der Waals surface area contributed by atoms with E-state index in [0.29, 0.717) is 17.2 Å². The SMILES string of the molecule is Nc1ccc(F)cc1NC(=O)c1ccc2[nH]cc(C3CCNCC3)c2c1. The van der Waals surface area contributed by atoms with Gasteiger partial charge in [-0.1, -0.05) is 0 Å². The molecule has 0 saturated carbocycles. The molecule has 1 aliphatic rings. The first-order chi connectivity index (χ1) is 12.6. The van der Waals surface area contributed by atoms with Gasteiger partial charge in [-0.15, -0.1) is 0 Å². The zero-order valence-electron chi connectivity index (χ0n) is 14.3. The number of hydrogen-bond donors (Lipinski definition) is 4. The monoisotopic (exact) mass is 352 g/mol. The number of hydrogen-bond acceptors (Lipinski definition) is 3. The number of H-pyrrole nitrogens is 1. The predicted octanol–water partition coefficient (Wildman–Crippen LogP) is 3.61. The third kappa shape index (κ3) is 3.15. The number of aromatic amines is 1. The van der Waals surface area contributed by atoms with E-state index in [1.54, 1.807) is 6.07 Å². The van der Waals surface area contributed by atoms with Crippen LogP contribution >= 0.6 is 0 Å². The summed E-state index contributed by atoms with van der Waals surface area (Å²) >= 11 is 0. The molecule has 4 rings (SSSR count). The Balaban J connectivity index is 1.63. The van der Waals surface area contributed by atoms with Gasteiger partial charge in [0.1, 0.15) is 5.82 Å². The minimum absolute atomic E-state index is 0.280. The van der Waals surface area contributed by atoms with Crippen molar-refractivity contribution in [3.63, 3.8) is 0 Å². The van der Waals surface area contributed by atoms with Crippen LogP contribution in [0.15, 0.2) is 42.6 Å². The fourth-order valence-electron chi connectivity index (χ4n) is 3.59. The third-order valence-corrected chi connectivity index (χ3v) is 5.02. The number of piperidine rings is 1. The number of nitrogen functional groups attached to an aromatic ring is 1. The van der Waals surface area contributed by atoms with Crippen molar-refractivity contribution in [1.29, 1.82) is 0 Å². The molecule has 134 valence electrons. The molecule has 0 unspecified atom stereocenters. The van der Waals surface area contributed by atoms with E-state index in [1.807, 2.05) is 18.3 Å². The second-order valence-electron chi connectivity index (χ2n) is 6.71. The van der Waals surface area contributed by atoms with Crippen molar-refractivity contribution in [3.8, 4) is 0 Å². The number of carbonyl (C=O) groups is 1. The highest BCUT2D eigenvalue weighted by Gasteiger charge is 2.19. The standard InChI is InChI=1S/C20H21FN4O/c21-14-2-3-17(22)19(10-14)25-20(26)13-1-4-18-15(9-13)16(11-24-18)12-5-7-23-8-6-12/h1-4,9-12,23-24H,5-8,22H2,(H,25,26). The molecule has 0 aliphatic carbocycles. The number of halogens is 1. The quantitative estimate of drug-likeness (QED) is 0.544. The number of benzene rings is 2. The van der Waals surface area contributed by atoms with E-state index in [4.69, 9.17) is 5.73 Å². The highest BCUT2D eigenvalue weighted by Crippen LogP contribution is 2.32. The van der Waals surface area contributed by atoms with Crippen LogP contribution < -0.4 is 16.4 Å². The van der Waals surface area contributed by atoms with E-state index in [1.165, 1.54) is 23.8 Å². The van der Waals surface area contributed by atoms with Crippen molar-refractivity contribution in [1.82, 2.24) is 10.3 Å². The zero-order chi connectivity index (χ0) is 18.1. The molecule has 0 bridgehead atoms. The maximum Gasteiger partial charge on any atom is 0.255 e. The van der Waals surface area contributed by atoms with Crippen molar-refractivity contribution < 1.29 is 9.18 Å². The molecular weight excluding hydrogens is 331 g/mol. The molecule has 3 aromatic rings.